The van der Waals surface area contributed by atoms with E-state index in [1.807, 2.05) is 0 Å². The van der Waals surface area contributed by atoms with E-state index in [-0.39, 0.29) is 31.1 Å². The summed E-state index contributed by atoms with van der Waals surface area (Å²) in [6, 6.07) is 5.51. The molecule has 2 aliphatic rings. The number of aromatic nitrogens is 2. The molecule has 1 aromatic carbocycles. The maximum atomic E-state index is 13.3. The number of thioether (sulfide) groups is 1. The number of aryl methyl sites for hydroxylation is 1. The normalized spacial score (nSPS) is 19.8. The van der Waals surface area contributed by atoms with Gasteiger partial charge in [-0.05, 0) is 41.5 Å². The molecule has 4 nitrogen and oxygen atoms in total. The van der Waals surface area contributed by atoms with E-state index in [9.17, 15) is 22.4 Å². The number of carbonyl (C=O) groups is 1. The maximum absolute atomic E-state index is 13.3. The van der Waals surface area contributed by atoms with E-state index in [1.165, 1.54) is 28.9 Å². The number of rotatable bonds is 4. The Kier molecular flexibility index (Phi) is 5.11. The minimum absolute atomic E-state index is 0.0479. The Bertz CT molecular complexity index is 875. The number of hydrogen-bond donors (Lipinski definition) is 1. The van der Waals surface area contributed by atoms with Gasteiger partial charge in [-0.25, -0.2) is 4.39 Å². The number of anilines is 1. The van der Waals surface area contributed by atoms with E-state index in [4.69, 9.17) is 0 Å². The lowest BCUT2D eigenvalue weighted by Gasteiger charge is -2.26. The summed E-state index contributed by atoms with van der Waals surface area (Å²) >= 11 is 1.78. The molecule has 1 fully saturated rings. The highest BCUT2D eigenvalue weighted by Gasteiger charge is 2.43. The second kappa shape index (κ2) is 7.42. The van der Waals surface area contributed by atoms with Crippen LogP contribution in [0.2, 0.25) is 0 Å². The first kappa shape index (κ1) is 19.3. The lowest BCUT2D eigenvalue weighted by atomic mass is 9.91. The van der Waals surface area contributed by atoms with Crippen molar-refractivity contribution in [2.24, 2.45) is 11.8 Å². The van der Waals surface area contributed by atoms with Crippen LogP contribution in [-0.4, -0.2) is 33.4 Å². The third-order valence-corrected chi connectivity index (χ3v) is 6.64. The molecule has 1 aromatic heterocycles. The Morgan fingerprint density at radius 2 is 1.96 bits per heavy atom. The fraction of sp³-hybridized carbons (Fsp3) is 0.474. The summed E-state index contributed by atoms with van der Waals surface area (Å²) in [6.07, 6.45) is -4.18. The molecule has 2 aliphatic heterocycles. The molecule has 1 atom stereocenters. The number of nitrogens with zero attached hydrogens (tertiary/aromatic N) is 2. The lowest BCUT2D eigenvalue weighted by Crippen LogP contribution is -2.31. The zero-order valence-corrected chi connectivity index (χ0v) is 15.7. The second-order valence-corrected chi connectivity index (χ2v) is 8.36. The van der Waals surface area contributed by atoms with Crippen molar-refractivity contribution in [2.75, 3.05) is 16.8 Å². The van der Waals surface area contributed by atoms with Crippen LogP contribution in [0, 0.1) is 17.7 Å². The van der Waals surface area contributed by atoms with Crippen LogP contribution in [0.3, 0.4) is 0 Å². The van der Waals surface area contributed by atoms with Crippen molar-refractivity contribution in [1.29, 1.82) is 0 Å². The van der Waals surface area contributed by atoms with Crippen LogP contribution >= 0.6 is 11.8 Å². The number of benzene rings is 1. The quantitative estimate of drug-likeness (QED) is 0.751. The average Bonchev–Trinajstić information content (AvgIpc) is 2.95. The molecule has 1 amide bonds. The number of nitrogens with one attached hydrogen (secondary N) is 1. The smallest absolute Gasteiger partial charge is 0.309 e. The molecule has 9 heteroatoms. The fourth-order valence-electron chi connectivity index (χ4n) is 3.64. The monoisotopic (exact) mass is 413 g/mol. The van der Waals surface area contributed by atoms with Gasteiger partial charge in [0.15, 0.2) is 5.82 Å². The zero-order chi connectivity index (χ0) is 19.9. The highest BCUT2D eigenvalue weighted by molar-refractivity contribution is 8.00. The first-order valence-electron chi connectivity index (χ1n) is 9.11. The van der Waals surface area contributed by atoms with Crippen LogP contribution in [0.25, 0.3) is 11.1 Å². The van der Waals surface area contributed by atoms with Crippen LogP contribution in [0.5, 0.6) is 0 Å². The van der Waals surface area contributed by atoms with Crippen molar-refractivity contribution in [1.82, 2.24) is 9.78 Å². The Hall–Kier alpha value is -2.03. The van der Waals surface area contributed by atoms with Crippen molar-refractivity contribution in [3.8, 4) is 11.1 Å². The Morgan fingerprint density at radius 3 is 2.57 bits per heavy atom. The Balaban J connectivity index is 1.68. The third-order valence-electron chi connectivity index (χ3n) is 5.22. The summed E-state index contributed by atoms with van der Waals surface area (Å²) in [5.41, 5.74) is 1.42. The molecule has 0 bridgehead atoms. The van der Waals surface area contributed by atoms with Crippen molar-refractivity contribution < 1.29 is 22.4 Å². The van der Waals surface area contributed by atoms with E-state index in [0.717, 1.165) is 11.5 Å². The molecular formula is C19H19F4N3OS. The summed E-state index contributed by atoms with van der Waals surface area (Å²) in [5.74, 6) is 0.359. The molecule has 0 aliphatic carbocycles. The van der Waals surface area contributed by atoms with E-state index in [0.29, 0.717) is 29.2 Å². The molecule has 0 radical (unpaired) electrons. The van der Waals surface area contributed by atoms with Gasteiger partial charge >= 0.3 is 6.18 Å². The lowest BCUT2D eigenvalue weighted by molar-refractivity contribution is -0.179. The van der Waals surface area contributed by atoms with E-state index in [1.54, 1.807) is 11.8 Å². The van der Waals surface area contributed by atoms with E-state index < -0.39 is 17.9 Å². The zero-order valence-electron chi connectivity index (χ0n) is 14.9. The number of halogens is 4. The standard InChI is InChI=1S/C19H19F4N3OS/c20-14-3-1-12(2-4-14)17-15-8-13(19(21,22)23)5-6-26(15)25-18(17)24-16(27)7-11-9-28-10-11/h1-4,11,13H,5-10H2,(H,24,25,27). The molecule has 4 rings (SSSR count). The Morgan fingerprint density at radius 1 is 1.25 bits per heavy atom. The molecule has 150 valence electrons. The minimum atomic E-state index is -4.29. The topological polar surface area (TPSA) is 46.9 Å². The highest BCUT2D eigenvalue weighted by atomic mass is 32.2. The molecule has 28 heavy (non-hydrogen) atoms. The predicted octanol–water partition coefficient (Wildman–Crippen LogP) is 4.51. The van der Waals surface area contributed by atoms with Gasteiger partial charge in [-0.2, -0.15) is 30.0 Å². The van der Waals surface area contributed by atoms with Crippen LogP contribution in [0.1, 0.15) is 18.5 Å². The number of hydrogen-bond acceptors (Lipinski definition) is 3. The molecule has 1 N–H and O–H groups in total. The molecular weight excluding hydrogens is 394 g/mol. The number of carbonyl (C=O) groups excluding carboxylic acids is 1. The molecule has 1 unspecified atom stereocenters. The Labute approximate surface area is 163 Å². The first-order chi connectivity index (χ1) is 13.3. The minimum Gasteiger partial charge on any atom is -0.309 e. The van der Waals surface area contributed by atoms with Gasteiger partial charge in [-0.1, -0.05) is 12.1 Å². The van der Waals surface area contributed by atoms with Crippen LogP contribution < -0.4 is 5.32 Å². The van der Waals surface area contributed by atoms with Crippen LogP contribution in [0.4, 0.5) is 23.4 Å². The summed E-state index contributed by atoms with van der Waals surface area (Å²) in [4.78, 5) is 12.4. The molecule has 3 heterocycles. The summed E-state index contributed by atoms with van der Waals surface area (Å²) in [6.45, 7) is 0.128. The third kappa shape index (κ3) is 3.90. The van der Waals surface area contributed by atoms with Crippen molar-refractivity contribution in [2.45, 2.75) is 32.0 Å². The van der Waals surface area contributed by atoms with Gasteiger partial charge in [0, 0.05) is 30.6 Å². The maximum Gasteiger partial charge on any atom is 0.392 e. The van der Waals surface area contributed by atoms with Gasteiger partial charge in [0.1, 0.15) is 5.82 Å². The average molecular weight is 413 g/mol. The van der Waals surface area contributed by atoms with Gasteiger partial charge in [-0.3, -0.25) is 9.48 Å². The van der Waals surface area contributed by atoms with Gasteiger partial charge in [-0.15, -0.1) is 0 Å². The van der Waals surface area contributed by atoms with Crippen molar-refractivity contribution in [3.63, 3.8) is 0 Å². The first-order valence-corrected chi connectivity index (χ1v) is 10.3. The second-order valence-electron chi connectivity index (χ2n) is 7.29. The number of alkyl halides is 3. The van der Waals surface area contributed by atoms with Crippen molar-refractivity contribution in [3.05, 3.63) is 35.8 Å². The predicted molar refractivity (Wildman–Crippen MR) is 99.5 cm³/mol. The van der Waals surface area contributed by atoms with Crippen LogP contribution in [-0.2, 0) is 17.8 Å². The van der Waals surface area contributed by atoms with Crippen LogP contribution in [0.15, 0.2) is 24.3 Å². The van der Waals surface area contributed by atoms with Gasteiger partial charge in [0.2, 0.25) is 5.91 Å². The number of amides is 1. The van der Waals surface area contributed by atoms with Gasteiger partial charge in [0.05, 0.1) is 5.92 Å². The highest BCUT2D eigenvalue weighted by Crippen LogP contribution is 2.41. The largest absolute Gasteiger partial charge is 0.392 e. The molecule has 1 saturated heterocycles. The molecule has 2 aromatic rings. The van der Waals surface area contributed by atoms with E-state index >= 15 is 0 Å². The van der Waals surface area contributed by atoms with E-state index in [2.05, 4.69) is 10.4 Å². The summed E-state index contributed by atoms with van der Waals surface area (Å²) in [5, 5.41) is 7.15. The van der Waals surface area contributed by atoms with Gasteiger partial charge in [0.25, 0.3) is 0 Å². The number of fused-ring (bicyclic) bond motifs is 1. The van der Waals surface area contributed by atoms with Gasteiger partial charge < -0.3 is 5.32 Å². The molecule has 0 spiro atoms. The SMILES string of the molecule is O=C(CC1CSC1)Nc1nn2c(c1-c1ccc(F)cc1)CC(C(F)(F)F)CC2. The summed E-state index contributed by atoms with van der Waals surface area (Å²) in [7, 11) is 0. The van der Waals surface area contributed by atoms with Crippen molar-refractivity contribution >= 4 is 23.5 Å². The summed E-state index contributed by atoms with van der Waals surface area (Å²) < 4.78 is 54.7. The fourth-order valence-corrected chi connectivity index (χ4v) is 4.44. The molecule has 0 saturated carbocycles.